The van der Waals surface area contributed by atoms with E-state index in [0.717, 1.165) is 0 Å². The number of Topliss-reactive ketones (excluding diaryl/α,β-unsaturated/α-hetero) is 1. The van der Waals surface area contributed by atoms with Crippen molar-refractivity contribution in [3.05, 3.63) is 28.2 Å². The molecule has 0 aliphatic carbocycles. The number of carbonyl (C=O) groups is 1. The van der Waals surface area contributed by atoms with E-state index in [1.54, 1.807) is 18.2 Å². The predicted octanol–water partition coefficient (Wildman–Crippen LogP) is 3.62. The smallest absolute Gasteiger partial charge is 0.228 e. The molecule has 2 nitrogen and oxygen atoms in total. The molecule has 5 heteroatoms. The first-order chi connectivity index (χ1) is 7.07. The number of ketones is 1. The molecule has 0 aliphatic rings. The largest absolute Gasteiger partial charge is 0.463 e. The van der Waals surface area contributed by atoms with Crippen molar-refractivity contribution in [3.63, 3.8) is 0 Å². The third-order valence-corrected chi connectivity index (χ3v) is 3.05. The van der Waals surface area contributed by atoms with Crippen molar-refractivity contribution in [1.82, 2.24) is 0 Å². The van der Waals surface area contributed by atoms with Gasteiger partial charge in [0.1, 0.15) is 11.1 Å². The summed E-state index contributed by atoms with van der Waals surface area (Å²) in [6.45, 7) is 0.418. The molecule has 82 valence electrons. The van der Waals surface area contributed by atoms with Crippen molar-refractivity contribution in [2.45, 2.75) is 12.3 Å². The van der Waals surface area contributed by atoms with E-state index in [-0.39, 0.29) is 11.5 Å². The lowest BCUT2D eigenvalue weighted by Gasteiger charge is -2.13. The van der Waals surface area contributed by atoms with Crippen LogP contribution in [-0.4, -0.2) is 12.6 Å². The molecule has 0 saturated heterocycles. The van der Waals surface area contributed by atoms with Gasteiger partial charge in [-0.1, -0.05) is 22.0 Å². The molecule has 0 amide bonds. The van der Waals surface area contributed by atoms with Crippen molar-refractivity contribution in [2.75, 3.05) is 6.86 Å². The van der Waals surface area contributed by atoms with E-state index in [1.165, 1.54) is 6.92 Å². The minimum atomic E-state index is -0.953. The van der Waals surface area contributed by atoms with Gasteiger partial charge in [-0.05, 0) is 19.1 Å². The zero-order valence-electron chi connectivity index (χ0n) is 7.97. The van der Waals surface area contributed by atoms with Gasteiger partial charge in [-0.3, -0.25) is 4.79 Å². The summed E-state index contributed by atoms with van der Waals surface area (Å²) in [5.74, 6) is 0.0642. The van der Waals surface area contributed by atoms with Crippen LogP contribution in [0.2, 0.25) is 0 Å². The fourth-order valence-corrected chi connectivity index (χ4v) is 2.08. The third kappa shape index (κ3) is 2.92. The van der Waals surface area contributed by atoms with E-state index in [0.29, 0.717) is 10.0 Å². The fraction of sp³-hybridized carbons (Fsp3) is 0.300. The summed E-state index contributed by atoms with van der Waals surface area (Å²) in [5.41, 5.74) is 0.462. The first-order valence-corrected chi connectivity index (χ1v) is 5.42. The number of alkyl halides is 2. The molecule has 1 rings (SSSR count). The van der Waals surface area contributed by atoms with Crippen LogP contribution in [0.25, 0.3) is 0 Å². The standard InChI is InChI=1S/C10H9BrClFO2/c1-6(14)10(12)9-7(11)3-2-4-8(9)15-5-13/h2-4,10H,5H2,1H3. The van der Waals surface area contributed by atoms with Crippen LogP contribution in [0.1, 0.15) is 17.9 Å². The molecule has 0 bridgehead atoms. The maximum Gasteiger partial charge on any atom is 0.228 e. The highest BCUT2D eigenvalue weighted by atomic mass is 79.9. The van der Waals surface area contributed by atoms with Gasteiger partial charge in [0.25, 0.3) is 0 Å². The van der Waals surface area contributed by atoms with Gasteiger partial charge in [-0.15, -0.1) is 11.6 Å². The maximum absolute atomic E-state index is 12.1. The lowest BCUT2D eigenvalue weighted by molar-refractivity contribution is -0.116. The summed E-state index contributed by atoms with van der Waals surface area (Å²) < 4.78 is 17.5. The molecule has 0 spiro atoms. The first kappa shape index (κ1) is 12.5. The number of ether oxygens (including phenoxy) is 1. The Morgan fingerprint density at radius 1 is 1.67 bits per heavy atom. The summed E-state index contributed by atoms with van der Waals surface area (Å²) in [6, 6.07) is 4.97. The summed E-state index contributed by atoms with van der Waals surface area (Å²) in [5, 5.41) is -0.831. The predicted molar refractivity (Wildman–Crippen MR) is 60.0 cm³/mol. The highest BCUT2D eigenvalue weighted by Crippen LogP contribution is 2.36. The number of carbonyl (C=O) groups excluding carboxylic acids is 1. The average molecular weight is 296 g/mol. The minimum absolute atomic E-state index is 0.215. The van der Waals surface area contributed by atoms with Gasteiger partial charge in [0.05, 0.1) is 0 Å². The van der Waals surface area contributed by atoms with Crippen molar-refractivity contribution in [3.8, 4) is 5.75 Å². The van der Waals surface area contributed by atoms with Gasteiger partial charge in [-0.25, -0.2) is 4.39 Å². The lowest BCUT2D eigenvalue weighted by atomic mass is 10.1. The zero-order chi connectivity index (χ0) is 11.4. The highest BCUT2D eigenvalue weighted by molar-refractivity contribution is 9.10. The van der Waals surface area contributed by atoms with Gasteiger partial charge in [-0.2, -0.15) is 0 Å². The Labute approximate surface area is 101 Å². The minimum Gasteiger partial charge on any atom is -0.463 e. The molecule has 0 fully saturated rings. The second kappa shape index (κ2) is 5.47. The van der Waals surface area contributed by atoms with E-state index in [4.69, 9.17) is 16.3 Å². The Hall–Kier alpha value is -0.610. The molecule has 15 heavy (non-hydrogen) atoms. The van der Waals surface area contributed by atoms with Crippen LogP contribution in [0.15, 0.2) is 22.7 Å². The van der Waals surface area contributed by atoms with Crippen molar-refractivity contribution in [1.29, 1.82) is 0 Å². The normalized spacial score (nSPS) is 12.3. The van der Waals surface area contributed by atoms with Gasteiger partial charge in [0.15, 0.2) is 5.78 Å². The Balaban J connectivity index is 3.17. The number of hydrogen-bond donors (Lipinski definition) is 0. The molecule has 1 atom stereocenters. The van der Waals surface area contributed by atoms with Crippen LogP contribution < -0.4 is 4.74 Å². The Morgan fingerprint density at radius 2 is 2.33 bits per heavy atom. The molecule has 1 unspecified atom stereocenters. The Bertz CT molecular complexity index is 370. The van der Waals surface area contributed by atoms with Crippen LogP contribution in [0.4, 0.5) is 4.39 Å². The molecule has 1 aromatic carbocycles. The topological polar surface area (TPSA) is 26.3 Å². The summed E-state index contributed by atoms with van der Waals surface area (Å²) >= 11 is 9.15. The van der Waals surface area contributed by atoms with Crippen molar-refractivity contribution < 1.29 is 13.9 Å². The number of benzene rings is 1. The second-order valence-corrected chi connectivity index (χ2v) is 4.17. The first-order valence-electron chi connectivity index (χ1n) is 4.19. The second-order valence-electron chi connectivity index (χ2n) is 2.88. The highest BCUT2D eigenvalue weighted by Gasteiger charge is 2.20. The fourth-order valence-electron chi connectivity index (χ4n) is 1.15. The maximum atomic E-state index is 12.1. The number of halogens is 3. The lowest BCUT2D eigenvalue weighted by Crippen LogP contribution is -2.05. The Morgan fingerprint density at radius 3 is 2.87 bits per heavy atom. The molecule has 1 aromatic rings. The van der Waals surface area contributed by atoms with Gasteiger partial charge < -0.3 is 4.74 Å². The van der Waals surface area contributed by atoms with Crippen molar-refractivity contribution in [2.24, 2.45) is 0 Å². The summed E-state index contributed by atoms with van der Waals surface area (Å²) in [4.78, 5) is 11.2. The van der Waals surface area contributed by atoms with Crippen LogP contribution in [0.3, 0.4) is 0 Å². The summed E-state index contributed by atoms with van der Waals surface area (Å²) in [6.07, 6.45) is 0. The average Bonchev–Trinajstić information content (AvgIpc) is 2.17. The van der Waals surface area contributed by atoms with E-state index in [1.807, 2.05) is 0 Å². The third-order valence-electron chi connectivity index (χ3n) is 1.83. The molecule has 0 aliphatic heterocycles. The quantitative estimate of drug-likeness (QED) is 0.793. The number of rotatable bonds is 4. The van der Waals surface area contributed by atoms with Gasteiger partial charge in [0, 0.05) is 10.0 Å². The molecule has 0 N–H and O–H groups in total. The Kier molecular flexibility index (Phi) is 4.54. The van der Waals surface area contributed by atoms with Gasteiger partial charge >= 0.3 is 0 Å². The molecular weight excluding hydrogens is 286 g/mol. The van der Waals surface area contributed by atoms with E-state index in [2.05, 4.69) is 15.9 Å². The van der Waals surface area contributed by atoms with Crippen LogP contribution in [0.5, 0.6) is 5.75 Å². The van der Waals surface area contributed by atoms with Crippen LogP contribution in [0, 0.1) is 0 Å². The van der Waals surface area contributed by atoms with E-state index >= 15 is 0 Å². The van der Waals surface area contributed by atoms with E-state index < -0.39 is 12.2 Å². The van der Waals surface area contributed by atoms with Crippen LogP contribution >= 0.6 is 27.5 Å². The van der Waals surface area contributed by atoms with Gasteiger partial charge in [0.2, 0.25) is 6.86 Å². The molecule has 0 aromatic heterocycles. The molecular formula is C10H9BrClFO2. The molecule has 0 heterocycles. The zero-order valence-corrected chi connectivity index (χ0v) is 10.3. The van der Waals surface area contributed by atoms with Crippen molar-refractivity contribution >= 4 is 33.3 Å². The van der Waals surface area contributed by atoms with E-state index in [9.17, 15) is 9.18 Å². The monoisotopic (exact) mass is 294 g/mol. The SMILES string of the molecule is CC(=O)C(Cl)c1c(Br)cccc1OCF. The summed E-state index contributed by atoms with van der Waals surface area (Å²) in [7, 11) is 0. The van der Waals surface area contributed by atoms with Crippen LogP contribution in [-0.2, 0) is 4.79 Å². The molecule has 0 radical (unpaired) electrons. The molecule has 0 saturated carbocycles. The number of hydrogen-bond acceptors (Lipinski definition) is 2.